The molecular formula is C17H32N2O. The van der Waals surface area contributed by atoms with Gasteiger partial charge in [-0.1, -0.05) is 6.92 Å². The van der Waals surface area contributed by atoms with Crippen LogP contribution in [0.25, 0.3) is 0 Å². The Morgan fingerprint density at radius 2 is 1.70 bits per heavy atom. The first kappa shape index (κ1) is 14.8. The van der Waals surface area contributed by atoms with Crippen molar-refractivity contribution in [1.82, 2.24) is 10.2 Å². The first-order chi connectivity index (χ1) is 9.31. The van der Waals surface area contributed by atoms with Gasteiger partial charge >= 0.3 is 0 Å². The maximum absolute atomic E-state index is 6.33. The van der Waals surface area contributed by atoms with Crippen LogP contribution in [0.3, 0.4) is 0 Å². The first-order valence-corrected chi connectivity index (χ1v) is 8.53. The molecule has 3 atom stereocenters. The maximum Gasteiger partial charge on any atom is 0.0789 e. The van der Waals surface area contributed by atoms with Crippen LogP contribution in [0.2, 0.25) is 0 Å². The van der Waals surface area contributed by atoms with Gasteiger partial charge in [0.2, 0.25) is 0 Å². The molecule has 3 rings (SSSR count). The van der Waals surface area contributed by atoms with Gasteiger partial charge in [0.05, 0.1) is 11.2 Å². The van der Waals surface area contributed by atoms with Crippen molar-refractivity contribution in [3.63, 3.8) is 0 Å². The van der Waals surface area contributed by atoms with Gasteiger partial charge < -0.3 is 10.1 Å². The van der Waals surface area contributed by atoms with Crippen molar-refractivity contribution in [1.29, 1.82) is 0 Å². The molecule has 0 aromatic heterocycles. The lowest BCUT2D eigenvalue weighted by molar-refractivity contribution is -0.0854. The molecule has 3 fully saturated rings. The van der Waals surface area contributed by atoms with Gasteiger partial charge in [0.25, 0.3) is 0 Å². The van der Waals surface area contributed by atoms with Gasteiger partial charge in [-0.2, -0.15) is 0 Å². The largest absolute Gasteiger partial charge is 0.368 e. The molecule has 3 unspecified atom stereocenters. The summed E-state index contributed by atoms with van der Waals surface area (Å²) in [6, 6.07) is 2.85. The molecule has 2 bridgehead atoms. The number of nitrogens with one attached hydrogen (secondary N) is 1. The minimum Gasteiger partial charge on any atom is -0.368 e. The number of nitrogens with zero attached hydrogens (tertiary/aromatic N) is 1. The lowest BCUT2D eigenvalue weighted by Crippen LogP contribution is -2.55. The Morgan fingerprint density at radius 1 is 1.10 bits per heavy atom. The van der Waals surface area contributed by atoms with E-state index in [2.05, 4.69) is 44.8 Å². The third-order valence-corrected chi connectivity index (χ3v) is 5.71. The highest BCUT2D eigenvalue weighted by Crippen LogP contribution is 2.42. The summed E-state index contributed by atoms with van der Waals surface area (Å²) in [5.74, 6) is 0. The Morgan fingerprint density at radius 3 is 2.15 bits per heavy atom. The average Bonchev–Trinajstić information content (AvgIpc) is 2.76. The van der Waals surface area contributed by atoms with Crippen molar-refractivity contribution in [3.8, 4) is 0 Å². The number of rotatable bonds is 3. The molecule has 0 saturated carbocycles. The van der Waals surface area contributed by atoms with Crippen molar-refractivity contribution in [2.75, 3.05) is 6.54 Å². The van der Waals surface area contributed by atoms with Crippen LogP contribution in [0.4, 0.5) is 0 Å². The quantitative estimate of drug-likeness (QED) is 0.860. The third kappa shape index (κ3) is 2.65. The average molecular weight is 280 g/mol. The number of likely N-dealkylation sites (N-methyl/N-ethyl adjacent to an activating group) is 1. The van der Waals surface area contributed by atoms with Crippen molar-refractivity contribution in [2.24, 2.45) is 0 Å². The Kier molecular flexibility index (Phi) is 3.67. The van der Waals surface area contributed by atoms with Crippen LogP contribution < -0.4 is 5.32 Å². The van der Waals surface area contributed by atoms with Crippen LogP contribution in [0.1, 0.15) is 66.7 Å². The van der Waals surface area contributed by atoms with Crippen LogP contribution in [-0.2, 0) is 4.74 Å². The van der Waals surface area contributed by atoms with Gasteiger partial charge in [-0.15, -0.1) is 0 Å². The molecule has 20 heavy (non-hydrogen) atoms. The highest BCUT2D eigenvalue weighted by Gasteiger charge is 2.50. The topological polar surface area (TPSA) is 24.5 Å². The van der Waals surface area contributed by atoms with Crippen LogP contribution in [0.15, 0.2) is 0 Å². The zero-order valence-electron chi connectivity index (χ0n) is 13.9. The third-order valence-electron chi connectivity index (χ3n) is 5.71. The van der Waals surface area contributed by atoms with Crippen molar-refractivity contribution in [2.45, 2.75) is 102 Å². The highest BCUT2D eigenvalue weighted by molar-refractivity contribution is 5.04. The summed E-state index contributed by atoms with van der Waals surface area (Å²) in [5.41, 5.74) is -0.00306. The van der Waals surface area contributed by atoms with E-state index >= 15 is 0 Å². The second-order valence-corrected chi connectivity index (χ2v) is 8.28. The lowest BCUT2D eigenvalue weighted by atomic mass is 9.89. The first-order valence-electron chi connectivity index (χ1n) is 8.53. The minimum atomic E-state index is -0.0244. The van der Waals surface area contributed by atoms with E-state index in [4.69, 9.17) is 4.74 Å². The van der Waals surface area contributed by atoms with Gasteiger partial charge in [0.15, 0.2) is 0 Å². The normalized spacial score (nSPS) is 42.3. The van der Waals surface area contributed by atoms with Crippen LogP contribution in [-0.4, -0.2) is 46.8 Å². The maximum atomic E-state index is 6.33. The predicted octanol–water partition coefficient (Wildman–Crippen LogP) is 2.94. The van der Waals surface area contributed by atoms with E-state index in [-0.39, 0.29) is 11.2 Å². The Hall–Kier alpha value is -0.120. The molecule has 3 heteroatoms. The molecule has 1 N–H and O–H groups in total. The van der Waals surface area contributed by atoms with Crippen molar-refractivity contribution < 1.29 is 4.74 Å². The zero-order valence-corrected chi connectivity index (χ0v) is 13.9. The molecule has 0 aliphatic carbocycles. The summed E-state index contributed by atoms with van der Waals surface area (Å²) in [4.78, 5) is 2.76. The van der Waals surface area contributed by atoms with Crippen molar-refractivity contribution in [3.05, 3.63) is 0 Å². The molecule has 0 amide bonds. The van der Waals surface area contributed by atoms with Gasteiger partial charge in [-0.05, 0) is 66.3 Å². The van der Waals surface area contributed by atoms with Crippen LogP contribution >= 0.6 is 0 Å². The Labute approximate surface area is 124 Å². The molecule has 3 aliphatic heterocycles. The van der Waals surface area contributed by atoms with Crippen LogP contribution in [0, 0.1) is 0 Å². The summed E-state index contributed by atoms with van der Waals surface area (Å²) in [6.07, 6.45) is 6.59. The SMILES string of the molecule is CCN(C1CC2CCC(C1)N2)C1CC(C)(C)OC1(C)C. The fraction of sp³-hybridized carbons (Fsp3) is 1.00. The molecule has 3 aliphatic rings. The zero-order chi connectivity index (χ0) is 14.5. The molecule has 0 aromatic rings. The highest BCUT2D eigenvalue weighted by atomic mass is 16.5. The molecule has 116 valence electrons. The standard InChI is InChI=1S/C17H32N2O/c1-6-19(14-9-12-7-8-13(10-14)18-12)15-11-16(2,3)20-17(15,4)5/h12-15,18H,6-11H2,1-5H3. The summed E-state index contributed by atoms with van der Waals surface area (Å²) >= 11 is 0. The summed E-state index contributed by atoms with van der Waals surface area (Å²) < 4.78 is 6.33. The van der Waals surface area contributed by atoms with E-state index in [1.807, 2.05) is 0 Å². The number of fused-ring (bicyclic) bond motifs is 2. The van der Waals surface area contributed by atoms with E-state index in [0.29, 0.717) is 6.04 Å². The number of ether oxygens (including phenoxy) is 1. The summed E-state index contributed by atoms with van der Waals surface area (Å²) in [7, 11) is 0. The van der Waals surface area contributed by atoms with Crippen LogP contribution in [0.5, 0.6) is 0 Å². The van der Waals surface area contributed by atoms with E-state index in [1.54, 1.807) is 0 Å². The molecular weight excluding hydrogens is 248 g/mol. The van der Waals surface area contributed by atoms with E-state index in [0.717, 1.165) is 31.1 Å². The second-order valence-electron chi connectivity index (χ2n) is 8.28. The smallest absolute Gasteiger partial charge is 0.0789 e. The van der Waals surface area contributed by atoms with Gasteiger partial charge in [-0.3, -0.25) is 4.90 Å². The van der Waals surface area contributed by atoms with Gasteiger partial charge in [0.1, 0.15) is 0 Å². The summed E-state index contributed by atoms with van der Waals surface area (Å²) in [5, 5.41) is 3.77. The molecule has 3 nitrogen and oxygen atoms in total. The van der Waals surface area contributed by atoms with Gasteiger partial charge in [-0.25, -0.2) is 0 Å². The molecule has 3 saturated heterocycles. The lowest BCUT2D eigenvalue weighted by Gasteiger charge is -2.44. The van der Waals surface area contributed by atoms with E-state index in [1.165, 1.54) is 25.7 Å². The Balaban J connectivity index is 1.76. The number of hydrogen-bond donors (Lipinski definition) is 1. The molecule has 0 spiro atoms. The Bertz CT molecular complexity index is 354. The molecule has 3 heterocycles. The van der Waals surface area contributed by atoms with E-state index in [9.17, 15) is 0 Å². The van der Waals surface area contributed by atoms with Crippen molar-refractivity contribution >= 4 is 0 Å². The summed E-state index contributed by atoms with van der Waals surface area (Å²) in [6.45, 7) is 12.5. The second kappa shape index (κ2) is 4.96. The fourth-order valence-corrected chi connectivity index (χ4v) is 5.08. The number of piperidine rings is 1. The van der Waals surface area contributed by atoms with Gasteiger partial charge in [0, 0.05) is 24.2 Å². The number of hydrogen-bond acceptors (Lipinski definition) is 3. The fourth-order valence-electron chi connectivity index (χ4n) is 5.08. The monoisotopic (exact) mass is 280 g/mol. The minimum absolute atomic E-state index is 0.0213. The predicted molar refractivity (Wildman–Crippen MR) is 83.0 cm³/mol. The molecule has 0 aromatic carbocycles. The van der Waals surface area contributed by atoms with E-state index < -0.39 is 0 Å². The molecule has 0 radical (unpaired) electrons.